The van der Waals surface area contributed by atoms with E-state index in [1.165, 1.54) is 12.5 Å². The van der Waals surface area contributed by atoms with Crippen molar-refractivity contribution in [3.05, 3.63) is 53.6 Å². The smallest absolute Gasteiger partial charge is 0.326 e. The van der Waals surface area contributed by atoms with Crippen LogP contribution in [0.1, 0.15) is 16.1 Å². The highest BCUT2D eigenvalue weighted by atomic mass is 19.1. The molecule has 0 bridgehead atoms. The van der Waals surface area contributed by atoms with Gasteiger partial charge in [-0.25, -0.2) is 18.6 Å². The Balaban J connectivity index is 2.12. The molecule has 1 amide bonds. The molecule has 0 fully saturated rings. The molecule has 2 rings (SSSR count). The lowest BCUT2D eigenvalue weighted by molar-refractivity contribution is -0.139. The maximum absolute atomic E-state index is 13.0. The first-order valence-corrected chi connectivity index (χ1v) is 5.92. The zero-order valence-electron chi connectivity index (χ0n) is 10.6. The number of nitrogens with zero attached hydrogens (tertiary/aromatic N) is 1. The Morgan fingerprint density at radius 2 is 1.95 bits per heavy atom. The number of benzene rings is 1. The molecule has 1 heterocycles. The maximum Gasteiger partial charge on any atom is 0.326 e. The Kier molecular flexibility index (Phi) is 4.27. The SMILES string of the molecule is O=C(N[C@H](Cc1cnc[nH]1)C(=O)O)c1cc(F)cc(F)c1. The summed E-state index contributed by atoms with van der Waals surface area (Å²) >= 11 is 0. The van der Waals surface area contributed by atoms with Gasteiger partial charge in [0.05, 0.1) is 6.33 Å². The van der Waals surface area contributed by atoms with E-state index in [0.29, 0.717) is 11.8 Å². The van der Waals surface area contributed by atoms with E-state index in [1.807, 2.05) is 0 Å². The molecule has 0 unspecified atom stereocenters. The average molecular weight is 295 g/mol. The fourth-order valence-corrected chi connectivity index (χ4v) is 1.74. The third kappa shape index (κ3) is 3.85. The van der Waals surface area contributed by atoms with Gasteiger partial charge in [-0.2, -0.15) is 0 Å². The van der Waals surface area contributed by atoms with E-state index in [0.717, 1.165) is 12.1 Å². The molecule has 110 valence electrons. The Hall–Kier alpha value is -2.77. The fraction of sp³-hybridized carbons (Fsp3) is 0.154. The number of hydrogen-bond donors (Lipinski definition) is 3. The van der Waals surface area contributed by atoms with Crippen molar-refractivity contribution in [1.29, 1.82) is 0 Å². The number of carboxylic acids is 1. The van der Waals surface area contributed by atoms with Gasteiger partial charge in [0, 0.05) is 29.9 Å². The number of H-pyrrole nitrogens is 1. The van der Waals surface area contributed by atoms with Crippen LogP contribution < -0.4 is 5.32 Å². The van der Waals surface area contributed by atoms with Gasteiger partial charge in [0.1, 0.15) is 17.7 Å². The molecule has 0 spiro atoms. The van der Waals surface area contributed by atoms with Crippen molar-refractivity contribution in [3.63, 3.8) is 0 Å². The Labute approximate surface area is 117 Å². The Morgan fingerprint density at radius 1 is 1.29 bits per heavy atom. The summed E-state index contributed by atoms with van der Waals surface area (Å²) in [7, 11) is 0. The number of aromatic amines is 1. The minimum absolute atomic E-state index is 0.0289. The molecule has 0 saturated carbocycles. The maximum atomic E-state index is 13.0. The standard InChI is InChI=1S/C13H11F2N3O3/c14-8-1-7(2-9(15)3-8)12(19)18-11(13(20)21)4-10-5-16-6-17-10/h1-3,5-6,11H,4H2,(H,16,17)(H,18,19)(H,20,21)/t11-/m1/s1. The van der Waals surface area contributed by atoms with Gasteiger partial charge in [0.25, 0.3) is 5.91 Å². The molecule has 6 nitrogen and oxygen atoms in total. The third-order valence-electron chi connectivity index (χ3n) is 2.71. The number of carboxylic acid groups (broad SMARTS) is 1. The molecule has 0 saturated heterocycles. The van der Waals surface area contributed by atoms with Crippen molar-refractivity contribution in [3.8, 4) is 0 Å². The number of carbonyl (C=O) groups is 2. The number of amides is 1. The topological polar surface area (TPSA) is 95.1 Å². The van der Waals surface area contributed by atoms with Crippen molar-refractivity contribution in [2.24, 2.45) is 0 Å². The molecule has 1 aromatic carbocycles. The number of nitrogens with one attached hydrogen (secondary N) is 2. The van der Waals surface area contributed by atoms with Crippen molar-refractivity contribution < 1.29 is 23.5 Å². The molecule has 0 radical (unpaired) electrons. The molecule has 21 heavy (non-hydrogen) atoms. The van der Waals surface area contributed by atoms with Crippen LogP contribution in [-0.4, -0.2) is 33.0 Å². The highest BCUT2D eigenvalue weighted by Crippen LogP contribution is 2.09. The molecule has 3 N–H and O–H groups in total. The largest absolute Gasteiger partial charge is 0.480 e. The summed E-state index contributed by atoms with van der Waals surface area (Å²) < 4.78 is 26.1. The molecule has 2 aromatic rings. The fourth-order valence-electron chi connectivity index (χ4n) is 1.74. The quantitative estimate of drug-likeness (QED) is 0.770. The van der Waals surface area contributed by atoms with Crippen LogP contribution in [0.4, 0.5) is 8.78 Å². The van der Waals surface area contributed by atoms with Crippen molar-refractivity contribution >= 4 is 11.9 Å². The van der Waals surface area contributed by atoms with E-state index in [9.17, 15) is 18.4 Å². The monoisotopic (exact) mass is 295 g/mol. The van der Waals surface area contributed by atoms with E-state index >= 15 is 0 Å². The van der Waals surface area contributed by atoms with E-state index in [-0.39, 0.29) is 12.0 Å². The summed E-state index contributed by atoms with van der Waals surface area (Å²) in [5.41, 5.74) is 0.219. The normalized spacial score (nSPS) is 11.9. The molecule has 1 atom stereocenters. The molecule has 8 heteroatoms. The molecular formula is C13H11F2N3O3. The van der Waals surface area contributed by atoms with Crippen LogP contribution in [0.15, 0.2) is 30.7 Å². The zero-order valence-corrected chi connectivity index (χ0v) is 10.6. The summed E-state index contributed by atoms with van der Waals surface area (Å²) in [4.78, 5) is 29.4. The van der Waals surface area contributed by atoms with Gasteiger partial charge in [-0.1, -0.05) is 0 Å². The summed E-state index contributed by atoms with van der Waals surface area (Å²) in [6, 6.07) is 1.03. The lowest BCUT2D eigenvalue weighted by atomic mass is 10.1. The predicted molar refractivity (Wildman–Crippen MR) is 67.5 cm³/mol. The van der Waals surface area contributed by atoms with Gasteiger partial charge in [-0.15, -0.1) is 0 Å². The van der Waals surface area contributed by atoms with Crippen LogP contribution in [0.3, 0.4) is 0 Å². The van der Waals surface area contributed by atoms with Crippen LogP contribution >= 0.6 is 0 Å². The minimum Gasteiger partial charge on any atom is -0.480 e. The van der Waals surface area contributed by atoms with Crippen LogP contribution in [-0.2, 0) is 11.2 Å². The predicted octanol–water partition coefficient (Wildman–Crippen LogP) is 1.11. The van der Waals surface area contributed by atoms with Crippen molar-refractivity contribution in [2.75, 3.05) is 0 Å². The number of hydrogen-bond acceptors (Lipinski definition) is 3. The van der Waals surface area contributed by atoms with E-state index in [4.69, 9.17) is 5.11 Å². The Bertz CT molecular complexity index is 638. The highest BCUT2D eigenvalue weighted by Gasteiger charge is 2.22. The van der Waals surface area contributed by atoms with Gasteiger partial charge in [-0.3, -0.25) is 4.79 Å². The number of halogens is 2. The number of carbonyl (C=O) groups excluding carboxylic acids is 1. The summed E-state index contributed by atoms with van der Waals surface area (Å²) in [5.74, 6) is -3.98. The van der Waals surface area contributed by atoms with E-state index < -0.39 is 29.6 Å². The third-order valence-corrected chi connectivity index (χ3v) is 2.71. The first kappa shape index (κ1) is 14.6. The van der Waals surface area contributed by atoms with Crippen LogP contribution in [0.5, 0.6) is 0 Å². The van der Waals surface area contributed by atoms with Crippen LogP contribution in [0.2, 0.25) is 0 Å². The number of aliphatic carboxylic acids is 1. The second-order valence-electron chi connectivity index (χ2n) is 4.30. The summed E-state index contributed by atoms with van der Waals surface area (Å²) in [6.07, 6.45) is 2.76. The summed E-state index contributed by atoms with van der Waals surface area (Å²) in [5, 5.41) is 11.3. The number of rotatable bonds is 5. The van der Waals surface area contributed by atoms with Gasteiger partial charge < -0.3 is 15.4 Å². The first-order chi connectivity index (χ1) is 9.95. The second-order valence-corrected chi connectivity index (χ2v) is 4.30. The van der Waals surface area contributed by atoms with Crippen molar-refractivity contribution in [1.82, 2.24) is 15.3 Å². The molecular weight excluding hydrogens is 284 g/mol. The van der Waals surface area contributed by atoms with Crippen LogP contribution in [0.25, 0.3) is 0 Å². The van der Waals surface area contributed by atoms with Gasteiger partial charge in [-0.05, 0) is 12.1 Å². The van der Waals surface area contributed by atoms with Crippen molar-refractivity contribution in [2.45, 2.75) is 12.5 Å². The Morgan fingerprint density at radius 3 is 2.48 bits per heavy atom. The second kappa shape index (κ2) is 6.12. The summed E-state index contributed by atoms with van der Waals surface area (Å²) in [6.45, 7) is 0. The lowest BCUT2D eigenvalue weighted by Crippen LogP contribution is -2.42. The molecule has 1 aromatic heterocycles. The highest BCUT2D eigenvalue weighted by molar-refractivity contribution is 5.96. The molecule has 0 aliphatic rings. The van der Waals surface area contributed by atoms with Gasteiger partial charge in [0.2, 0.25) is 0 Å². The first-order valence-electron chi connectivity index (χ1n) is 5.92. The zero-order chi connectivity index (χ0) is 15.4. The van der Waals surface area contributed by atoms with Gasteiger partial charge >= 0.3 is 5.97 Å². The van der Waals surface area contributed by atoms with E-state index in [2.05, 4.69) is 15.3 Å². The van der Waals surface area contributed by atoms with Gasteiger partial charge in [0.15, 0.2) is 0 Å². The molecule has 0 aliphatic carbocycles. The number of imidazole rings is 1. The van der Waals surface area contributed by atoms with Crippen LogP contribution in [0, 0.1) is 11.6 Å². The average Bonchev–Trinajstić information content (AvgIpc) is 2.89. The lowest BCUT2D eigenvalue weighted by Gasteiger charge is -2.13. The molecule has 0 aliphatic heterocycles. The number of aromatic nitrogens is 2. The minimum atomic E-state index is -1.27. The van der Waals surface area contributed by atoms with E-state index in [1.54, 1.807) is 0 Å².